The number of ether oxygens (including phenoxy) is 3. The van der Waals surface area contributed by atoms with E-state index in [4.69, 9.17) is 49.0 Å². The van der Waals surface area contributed by atoms with Gasteiger partial charge in [-0.1, -0.05) is 58.7 Å². The molecule has 0 aromatic heterocycles. The molecule has 0 aliphatic carbocycles. The van der Waals surface area contributed by atoms with Crippen LogP contribution in [0.3, 0.4) is 0 Å². The molecule has 7 nitrogen and oxygen atoms in total. The Morgan fingerprint density at radius 3 is 2.40 bits per heavy atom. The Balaban J connectivity index is 1.58. The van der Waals surface area contributed by atoms with Crippen LogP contribution in [-0.2, 0) is 16.1 Å². The Morgan fingerprint density at radius 2 is 1.75 bits per heavy atom. The van der Waals surface area contributed by atoms with Gasteiger partial charge in [-0.05, 0) is 67.1 Å². The maximum atomic E-state index is 12.8. The molecule has 11 heteroatoms. The second-order valence-corrected chi connectivity index (χ2v) is 10.5. The van der Waals surface area contributed by atoms with Crippen LogP contribution in [0.2, 0.25) is 15.1 Å². The van der Waals surface area contributed by atoms with E-state index >= 15 is 0 Å². The van der Waals surface area contributed by atoms with E-state index in [-0.39, 0.29) is 35.2 Å². The fourth-order valence-corrected chi connectivity index (χ4v) is 5.27. The minimum absolute atomic E-state index is 0.0221. The van der Waals surface area contributed by atoms with Crippen LogP contribution in [-0.4, -0.2) is 35.7 Å². The first-order valence-corrected chi connectivity index (χ1v) is 13.8. The van der Waals surface area contributed by atoms with Crippen molar-refractivity contribution in [3.63, 3.8) is 0 Å². The van der Waals surface area contributed by atoms with Gasteiger partial charge in [0.05, 0.1) is 23.6 Å². The number of aliphatic hydroxyl groups is 1. The van der Waals surface area contributed by atoms with Crippen LogP contribution >= 0.6 is 46.6 Å². The van der Waals surface area contributed by atoms with Crippen LogP contribution in [0.1, 0.15) is 28.4 Å². The van der Waals surface area contributed by atoms with E-state index in [1.807, 2.05) is 0 Å². The molecule has 0 fully saturated rings. The lowest BCUT2D eigenvalue weighted by atomic mass is 10.1. The molecule has 1 amide bonds. The van der Waals surface area contributed by atoms with E-state index in [1.165, 1.54) is 7.11 Å². The minimum Gasteiger partial charge on any atom is -0.506 e. The van der Waals surface area contributed by atoms with E-state index in [0.717, 1.165) is 17.3 Å². The maximum absolute atomic E-state index is 12.8. The number of benzene rings is 3. The average Bonchev–Trinajstić information content (AvgIpc) is 3.23. The zero-order valence-corrected chi connectivity index (χ0v) is 24.3. The predicted octanol–water partition coefficient (Wildman–Crippen LogP) is 7.94. The summed E-state index contributed by atoms with van der Waals surface area (Å²) in [5.74, 6) is -0.726. The normalized spacial score (nSPS) is 15.0. The third-order valence-corrected chi connectivity index (χ3v) is 7.46. The number of carbonyl (C=O) groups excluding carboxylic acids is 2. The second-order valence-electron chi connectivity index (χ2n) is 8.22. The Kier molecular flexibility index (Phi) is 9.81. The first-order valence-electron chi connectivity index (χ1n) is 11.8. The first-order chi connectivity index (χ1) is 19.2. The summed E-state index contributed by atoms with van der Waals surface area (Å²) >= 11 is 19.6. The van der Waals surface area contributed by atoms with Gasteiger partial charge in [0.15, 0.2) is 0 Å². The number of amides is 1. The number of aliphatic imine (C=N–C) groups is 1. The summed E-state index contributed by atoms with van der Waals surface area (Å²) in [4.78, 5) is 29.9. The molecule has 0 unspecified atom stereocenters. The summed E-state index contributed by atoms with van der Waals surface area (Å²) in [5.41, 5.74) is 1.46. The Morgan fingerprint density at radius 1 is 1.00 bits per heavy atom. The molecule has 1 N–H and O–H groups in total. The quantitative estimate of drug-likeness (QED) is 0.256. The number of halogens is 3. The molecule has 4 rings (SSSR count). The van der Waals surface area contributed by atoms with Gasteiger partial charge in [0.1, 0.15) is 34.5 Å². The topological polar surface area (TPSA) is 94.4 Å². The van der Waals surface area contributed by atoms with Gasteiger partial charge in [0.2, 0.25) is 0 Å². The van der Waals surface area contributed by atoms with Gasteiger partial charge in [-0.3, -0.25) is 4.79 Å². The van der Waals surface area contributed by atoms with Crippen molar-refractivity contribution in [2.45, 2.75) is 13.5 Å². The maximum Gasteiger partial charge on any atom is 0.344 e. The molecule has 206 valence electrons. The number of aliphatic hydroxyl groups excluding tert-OH is 1. The number of hydrogen-bond acceptors (Lipinski definition) is 7. The second kappa shape index (κ2) is 13.3. The van der Waals surface area contributed by atoms with Crippen molar-refractivity contribution >= 4 is 69.6 Å². The number of esters is 1. The van der Waals surface area contributed by atoms with Crippen molar-refractivity contribution in [1.29, 1.82) is 0 Å². The van der Waals surface area contributed by atoms with E-state index < -0.39 is 11.9 Å². The van der Waals surface area contributed by atoms with Gasteiger partial charge in [0.25, 0.3) is 5.91 Å². The Hall–Kier alpha value is -3.43. The fourth-order valence-electron chi connectivity index (χ4n) is 3.55. The highest BCUT2D eigenvalue weighted by molar-refractivity contribution is 8.18. The highest BCUT2D eigenvalue weighted by Crippen LogP contribution is 2.40. The third kappa shape index (κ3) is 7.01. The average molecular weight is 619 g/mol. The van der Waals surface area contributed by atoms with Crippen molar-refractivity contribution < 1.29 is 28.9 Å². The molecule has 0 bridgehead atoms. The first kappa shape index (κ1) is 29.6. The van der Waals surface area contributed by atoms with Crippen LogP contribution < -0.4 is 9.47 Å². The molecule has 0 saturated heterocycles. The molecule has 0 radical (unpaired) electrons. The number of methoxy groups -OCH3 is 1. The monoisotopic (exact) mass is 617 g/mol. The van der Waals surface area contributed by atoms with Gasteiger partial charge in [-0.2, -0.15) is 0 Å². The minimum atomic E-state index is -0.792. The van der Waals surface area contributed by atoms with Crippen LogP contribution in [0.25, 0.3) is 6.08 Å². The van der Waals surface area contributed by atoms with Gasteiger partial charge in [-0.15, -0.1) is 0 Å². The SMILES string of the molecule is CCOC(=O)C1=C(O)/C(=C\c2ccc(OCc3ccc(Cl)cc3Cl)c(Cl)c2)SC1=NC(=O)c1ccc(OC)cc1. The van der Waals surface area contributed by atoms with Gasteiger partial charge in [-0.25, -0.2) is 9.79 Å². The van der Waals surface area contributed by atoms with Gasteiger partial charge >= 0.3 is 5.97 Å². The molecule has 1 aliphatic rings. The zero-order valence-electron chi connectivity index (χ0n) is 21.2. The lowest BCUT2D eigenvalue weighted by Gasteiger charge is -2.10. The van der Waals surface area contributed by atoms with Crippen LogP contribution in [0.4, 0.5) is 0 Å². The van der Waals surface area contributed by atoms with Gasteiger partial charge in [0, 0.05) is 21.2 Å². The number of nitrogens with zero attached hydrogens (tertiary/aromatic N) is 1. The molecule has 1 aliphatic heterocycles. The summed E-state index contributed by atoms with van der Waals surface area (Å²) in [6.07, 6.45) is 1.62. The number of hydrogen-bond donors (Lipinski definition) is 1. The summed E-state index contributed by atoms with van der Waals surface area (Å²) < 4.78 is 16.0. The smallest absolute Gasteiger partial charge is 0.344 e. The predicted molar refractivity (Wildman–Crippen MR) is 159 cm³/mol. The molecule has 40 heavy (non-hydrogen) atoms. The molecular formula is C29H22Cl3NO6S. The number of carbonyl (C=O) groups is 2. The van der Waals surface area contributed by atoms with E-state index in [0.29, 0.717) is 37.0 Å². The molecule has 0 saturated carbocycles. The van der Waals surface area contributed by atoms with Crippen molar-refractivity contribution in [3.05, 3.63) is 109 Å². The van der Waals surface area contributed by atoms with Crippen molar-refractivity contribution in [3.8, 4) is 11.5 Å². The van der Waals surface area contributed by atoms with Gasteiger partial charge < -0.3 is 19.3 Å². The Labute approximate surface area is 250 Å². The standard InChI is InChI=1S/C29H22Cl3NO6S/c1-3-38-29(36)25-26(34)24(40-28(25)33-27(35)17-6-9-20(37-2)10-7-17)13-16-4-11-23(22(32)12-16)39-15-18-5-8-19(30)14-21(18)31/h4-14,34H,3,15H2,1-2H3/b24-13+,33-28?. The van der Waals surface area contributed by atoms with E-state index in [9.17, 15) is 14.7 Å². The third-order valence-electron chi connectivity index (χ3n) is 5.56. The molecule has 3 aromatic rings. The van der Waals surface area contributed by atoms with Crippen molar-refractivity contribution in [2.24, 2.45) is 4.99 Å². The lowest BCUT2D eigenvalue weighted by molar-refractivity contribution is -0.138. The highest BCUT2D eigenvalue weighted by Gasteiger charge is 2.34. The number of thioether (sulfide) groups is 1. The Bertz CT molecular complexity index is 1550. The fraction of sp³-hybridized carbons (Fsp3) is 0.138. The molecule has 1 heterocycles. The number of rotatable bonds is 8. The summed E-state index contributed by atoms with van der Waals surface area (Å²) in [5, 5.41) is 12.3. The van der Waals surface area contributed by atoms with Crippen molar-refractivity contribution in [1.82, 2.24) is 0 Å². The largest absolute Gasteiger partial charge is 0.506 e. The van der Waals surface area contributed by atoms with Crippen LogP contribution in [0.5, 0.6) is 11.5 Å². The summed E-state index contributed by atoms with van der Waals surface area (Å²) in [6, 6.07) is 16.5. The zero-order chi connectivity index (χ0) is 28.8. The molecular weight excluding hydrogens is 597 g/mol. The lowest BCUT2D eigenvalue weighted by Crippen LogP contribution is -2.14. The van der Waals surface area contributed by atoms with E-state index in [2.05, 4.69) is 4.99 Å². The molecule has 0 atom stereocenters. The summed E-state index contributed by atoms with van der Waals surface area (Å²) in [7, 11) is 1.52. The summed E-state index contributed by atoms with van der Waals surface area (Å²) in [6.45, 7) is 1.90. The van der Waals surface area contributed by atoms with Crippen LogP contribution in [0.15, 0.2) is 81.9 Å². The highest BCUT2D eigenvalue weighted by atomic mass is 35.5. The molecule has 3 aromatic carbocycles. The van der Waals surface area contributed by atoms with Crippen molar-refractivity contribution in [2.75, 3.05) is 13.7 Å². The van der Waals surface area contributed by atoms with E-state index in [1.54, 1.807) is 73.7 Å². The van der Waals surface area contributed by atoms with Crippen LogP contribution in [0, 0.1) is 0 Å². The molecule has 0 spiro atoms.